The quantitative estimate of drug-likeness (QED) is 0.667. The van der Waals surface area contributed by atoms with Gasteiger partial charge in [-0.05, 0) is 22.9 Å². The third kappa shape index (κ3) is 2.40. The van der Waals surface area contributed by atoms with Gasteiger partial charge in [0.1, 0.15) is 12.4 Å². The molecule has 1 aromatic heterocycles. The van der Waals surface area contributed by atoms with Gasteiger partial charge in [0, 0.05) is 12.4 Å². The van der Waals surface area contributed by atoms with E-state index in [0.717, 1.165) is 17.1 Å². The number of ether oxygens (including phenoxy) is 1. The molecule has 20 heavy (non-hydrogen) atoms. The van der Waals surface area contributed by atoms with Crippen LogP contribution in [0.4, 0.5) is 0 Å². The molecular formula is C16H14N2O2. The third-order valence-corrected chi connectivity index (χ3v) is 3.19. The van der Waals surface area contributed by atoms with Crippen molar-refractivity contribution in [1.82, 2.24) is 9.78 Å². The van der Waals surface area contributed by atoms with Gasteiger partial charge in [0.25, 0.3) is 0 Å². The van der Waals surface area contributed by atoms with Gasteiger partial charge in [-0.1, -0.05) is 30.3 Å². The lowest BCUT2D eigenvalue weighted by Crippen LogP contribution is -2.09. The van der Waals surface area contributed by atoms with Gasteiger partial charge in [-0.15, -0.1) is 0 Å². The molecule has 100 valence electrons. The summed E-state index contributed by atoms with van der Waals surface area (Å²) in [5.41, 5.74) is 0.601. The number of benzene rings is 2. The topological polar surface area (TPSA) is 44.1 Å². The average Bonchev–Trinajstić information content (AvgIpc) is 3.00. The summed E-state index contributed by atoms with van der Waals surface area (Å²) in [4.78, 5) is 11.3. The number of aldehydes is 1. The molecule has 2 aromatic carbocycles. The number of carbonyl (C=O) groups is 1. The lowest BCUT2D eigenvalue weighted by Gasteiger charge is -2.10. The van der Waals surface area contributed by atoms with E-state index in [9.17, 15) is 4.79 Å². The van der Waals surface area contributed by atoms with Crippen molar-refractivity contribution >= 4 is 17.1 Å². The highest BCUT2D eigenvalue weighted by atomic mass is 16.5. The van der Waals surface area contributed by atoms with Crippen LogP contribution in [-0.2, 0) is 6.54 Å². The minimum absolute atomic E-state index is 0.473. The van der Waals surface area contributed by atoms with Crippen molar-refractivity contribution in [2.24, 2.45) is 0 Å². The third-order valence-electron chi connectivity index (χ3n) is 3.19. The van der Waals surface area contributed by atoms with E-state index < -0.39 is 0 Å². The Morgan fingerprint density at radius 2 is 2.05 bits per heavy atom. The summed E-state index contributed by atoms with van der Waals surface area (Å²) in [7, 11) is 0. The Morgan fingerprint density at radius 1 is 1.15 bits per heavy atom. The average molecular weight is 266 g/mol. The van der Waals surface area contributed by atoms with E-state index in [1.165, 1.54) is 0 Å². The Kier molecular flexibility index (Phi) is 3.46. The molecule has 1 heterocycles. The molecule has 0 unspecified atom stereocenters. The van der Waals surface area contributed by atoms with E-state index in [0.29, 0.717) is 24.5 Å². The van der Waals surface area contributed by atoms with Crippen molar-refractivity contribution in [2.45, 2.75) is 6.54 Å². The zero-order valence-corrected chi connectivity index (χ0v) is 10.9. The van der Waals surface area contributed by atoms with Crippen LogP contribution in [-0.4, -0.2) is 22.7 Å². The monoisotopic (exact) mass is 266 g/mol. The predicted molar refractivity (Wildman–Crippen MR) is 77.1 cm³/mol. The fourth-order valence-electron chi connectivity index (χ4n) is 2.20. The van der Waals surface area contributed by atoms with Crippen molar-refractivity contribution < 1.29 is 9.53 Å². The van der Waals surface area contributed by atoms with Gasteiger partial charge in [-0.3, -0.25) is 9.48 Å². The molecule has 0 aliphatic rings. The summed E-state index contributed by atoms with van der Waals surface area (Å²) in [6.07, 6.45) is 4.46. The Morgan fingerprint density at radius 3 is 2.85 bits per heavy atom. The number of fused-ring (bicyclic) bond motifs is 1. The van der Waals surface area contributed by atoms with E-state index in [1.807, 2.05) is 48.7 Å². The number of nitrogens with zero attached hydrogens (tertiary/aromatic N) is 2. The van der Waals surface area contributed by atoms with Gasteiger partial charge in [0.15, 0.2) is 6.29 Å². The molecule has 0 saturated heterocycles. The first-order chi connectivity index (χ1) is 9.88. The molecular weight excluding hydrogens is 252 g/mol. The highest BCUT2D eigenvalue weighted by Gasteiger charge is 2.07. The van der Waals surface area contributed by atoms with Crippen LogP contribution in [0.5, 0.6) is 5.75 Å². The molecule has 0 bridgehead atoms. The van der Waals surface area contributed by atoms with Crippen molar-refractivity contribution in [3.63, 3.8) is 0 Å². The number of hydrogen-bond acceptors (Lipinski definition) is 3. The minimum Gasteiger partial charge on any atom is -0.491 e. The summed E-state index contributed by atoms with van der Waals surface area (Å²) >= 11 is 0. The van der Waals surface area contributed by atoms with E-state index in [-0.39, 0.29) is 0 Å². The van der Waals surface area contributed by atoms with Gasteiger partial charge in [0.05, 0.1) is 12.1 Å². The zero-order chi connectivity index (χ0) is 13.8. The fraction of sp³-hybridized carbons (Fsp3) is 0.125. The lowest BCUT2D eigenvalue weighted by atomic mass is 10.0. The molecule has 4 heteroatoms. The summed E-state index contributed by atoms with van der Waals surface area (Å²) in [5.74, 6) is 0.617. The fourth-order valence-corrected chi connectivity index (χ4v) is 2.20. The highest BCUT2D eigenvalue weighted by Crippen LogP contribution is 2.26. The molecule has 0 amide bonds. The maximum absolute atomic E-state index is 11.3. The lowest BCUT2D eigenvalue weighted by molar-refractivity contribution is 0.112. The van der Waals surface area contributed by atoms with Crippen LogP contribution in [0.25, 0.3) is 10.8 Å². The van der Waals surface area contributed by atoms with Gasteiger partial charge < -0.3 is 4.74 Å². The van der Waals surface area contributed by atoms with Crippen LogP contribution >= 0.6 is 0 Å². The second kappa shape index (κ2) is 5.57. The van der Waals surface area contributed by atoms with Gasteiger partial charge in [-0.2, -0.15) is 5.10 Å². The van der Waals surface area contributed by atoms with Gasteiger partial charge in [0.2, 0.25) is 0 Å². The molecule has 3 aromatic rings. The van der Waals surface area contributed by atoms with E-state index >= 15 is 0 Å². The van der Waals surface area contributed by atoms with Crippen LogP contribution in [0.1, 0.15) is 10.4 Å². The molecule has 3 rings (SSSR count). The minimum atomic E-state index is 0.473. The van der Waals surface area contributed by atoms with E-state index in [2.05, 4.69) is 5.10 Å². The number of rotatable bonds is 5. The Hall–Kier alpha value is -2.62. The van der Waals surface area contributed by atoms with Crippen molar-refractivity contribution in [1.29, 1.82) is 0 Å². The predicted octanol–water partition coefficient (Wildman–Crippen LogP) is 2.93. The maximum atomic E-state index is 11.3. The van der Waals surface area contributed by atoms with Crippen molar-refractivity contribution in [3.05, 3.63) is 60.4 Å². The Balaban J connectivity index is 1.82. The van der Waals surface area contributed by atoms with Crippen LogP contribution in [0.15, 0.2) is 54.9 Å². The zero-order valence-electron chi connectivity index (χ0n) is 10.9. The summed E-state index contributed by atoms with van der Waals surface area (Å²) < 4.78 is 7.51. The summed E-state index contributed by atoms with van der Waals surface area (Å²) in [6.45, 7) is 1.12. The largest absolute Gasteiger partial charge is 0.491 e. The molecule has 0 radical (unpaired) electrons. The molecule has 0 spiro atoms. The van der Waals surface area contributed by atoms with Crippen LogP contribution in [0.2, 0.25) is 0 Å². The summed E-state index contributed by atoms with van der Waals surface area (Å²) in [6, 6.07) is 13.5. The first-order valence-corrected chi connectivity index (χ1v) is 6.45. The Labute approximate surface area is 116 Å². The normalized spacial score (nSPS) is 10.6. The van der Waals surface area contributed by atoms with E-state index in [4.69, 9.17) is 4.74 Å². The number of aromatic nitrogens is 2. The smallest absolute Gasteiger partial charge is 0.154 e. The first kappa shape index (κ1) is 12.4. The SMILES string of the molecule is O=Cc1c(OCCn2cccn2)ccc2ccccc12. The standard InChI is InChI=1S/C16H14N2O2/c19-12-15-14-5-2-1-4-13(14)6-7-16(15)20-11-10-18-9-3-8-17-18/h1-9,12H,10-11H2. The first-order valence-electron chi connectivity index (χ1n) is 6.45. The van der Waals surface area contributed by atoms with Gasteiger partial charge in [-0.25, -0.2) is 0 Å². The molecule has 0 fully saturated rings. The number of carbonyl (C=O) groups excluding carboxylic acids is 1. The number of hydrogen-bond donors (Lipinski definition) is 0. The van der Waals surface area contributed by atoms with Crippen molar-refractivity contribution in [2.75, 3.05) is 6.61 Å². The summed E-state index contributed by atoms with van der Waals surface area (Å²) in [5, 5.41) is 6.06. The molecule has 4 nitrogen and oxygen atoms in total. The maximum Gasteiger partial charge on any atom is 0.154 e. The molecule has 0 aliphatic heterocycles. The molecule has 0 aliphatic carbocycles. The van der Waals surface area contributed by atoms with Crippen LogP contribution < -0.4 is 4.74 Å². The highest BCUT2D eigenvalue weighted by molar-refractivity contribution is 6.00. The van der Waals surface area contributed by atoms with Crippen LogP contribution in [0.3, 0.4) is 0 Å². The van der Waals surface area contributed by atoms with Gasteiger partial charge >= 0.3 is 0 Å². The Bertz CT molecular complexity index is 720. The molecule has 0 saturated carbocycles. The molecule has 0 atom stereocenters. The van der Waals surface area contributed by atoms with Crippen molar-refractivity contribution in [3.8, 4) is 5.75 Å². The van der Waals surface area contributed by atoms with E-state index in [1.54, 1.807) is 10.9 Å². The van der Waals surface area contributed by atoms with Crippen LogP contribution in [0, 0.1) is 0 Å². The second-order valence-corrected chi connectivity index (χ2v) is 4.43. The second-order valence-electron chi connectivity index (χ2n) is 4.43. The molecule has 0 N–H and O–H groups in total.